The first-order chi connectivity index (χ1) is 11.2. The average Bonchev–Trinajstić information content (AvgIpc) is 3.28. The molecule has 8 atom stereocenters. The van der Waals surface area contributed by atoms with Crippen LogP contribution >= 0.6 is 0 Å². The maximum Gasteiger partial charge on any atom is 0.155 e. The monoisotopic (exact) mass is 309 g/mol. The van der Waals surface area contributed by atoms with Crippen LogP contribution < -0.4 is 0 Å². The maximum atomic E-state index is 11.8. The van der Waals surface area contributed by atoms with Crippen LogP contribution in [-0.4, -0.2) is 5.78 Å². The summed E-state index contributed by atoms with van der Waals surface area (Å²) in [6, 6.07) is 2.75. The van der Waals surface area contributed by atoms with Gasteiger partial charge in [0.05, 0.1) is 12.0 Å². The largest absolute Gasteiger partial charge is 0.295 e. The Morgan fingerprint density at radius 2 is 2.04 bits per heavy atom. The van der Waals surface area contributed by atoms with E-state index in [-0.39, 0.29) is 0 Å². The summed E-state index contributed by atoms with van der Waals surface area (Å²) in [5.74, 6) is 5.46. The molecule has 0 spiro atoms. The lowest BCUT2D eigenvalue weighted by Crippen LogP contribution is -2.49. The number of carbonyl (C=O) groups is 1. The standard InChI is InChI=1S/C21H27NO/c1-2-21-8-7-15-14-6-4-13(23)9-12(14)3-5-16(15)20(21)18-10-17(18)19(21)11-22/h9,14-20H,2-8,10H2,1H3/t14-,15+,16+,17?,18?,19?,20+,21+/m0/s1. The molecule has 3 unspecified atom stereocenters. The Morgan fingerprint density at radius 3 is 2.83 bits per heavy atom. The molecule has 0 aromatic carbocycles. The summed E-state index contributed by atoms with van der Waals surface area (Å²) in [7, 11) is 0. The van der Waals surface area contributed by atoms with Crippen molar-refractivity contribution in [3.8, 4) is 6.07 Å². The molecule has 0 aliphatic heterocycles. The number of allylic oxidation sites excluding steroid dienone is 1. The summed E-state index contributed by atoms with van der Waals surface area (Å²) in [6.07, 6.45) is 11.4. The highest BCUT2D eigenvalue weighted by atomic mass is 16.1. The van der Waals surface area contributed by atoms with Crippen LogP contribution in [0.15, 0.2) is 11.6 Å². The van der Waals surface area contributed by atoms with Crippen LogP contribution in [0.25, 0.3) is 0 Å². The maximum absolute atomic E-state index is 11.8. The summed E-state index contributed by atoms with van der Waals surface area (Å²) in [5, 5.41) is 9.81. The third kappa shape index (κ3) is 1.72. The molecular formula is C21H27NO. The van der Waals surface area contributed by atoms with Gasteiger partial charge in [0.25, 0.3) is 0 Å². The zero-order chi connectivity index (χ0) is 15.8. The van der Waals surface area contributed by atoms with Gasteiger partial charge in [-0.2, -0.15) is 5.26 Å². The van der Waals surface area contributed by atoms with Crippen LogP contribution in [0.2, 0.25) is 0 Å². The Morgan fingerprint density at radius 1 is 1.17 bits per heavy atom. The van der Waals surface area contributed by atoms with E-state index in [4.69, 9.17) is 0 Å². The van der Waals surface area contributed by atoms with Crippen molar-refractivity contribution < 1.29 is 4.79 Å². The summed E-state index contributed by atoms with van der Waals surface area (Å²) < 4.78 is 0. The first-order valence-corrected chi connectivity index (χ1v) is 9.82. The van der Waals surface area contributed by atoms with Gasteiger partial charge in [0, 0.05) is 6.42 Å². The number of hydrogen-bond donors (Lipinski definition) is 0. The Hall–Kier alpha value is -1.10. The van der Waals surface area contributed by atoms with E-state index >= 15 is 0 Å². The number of hydrogen-bond acceptors (Lipinski definition) is 2. The molecule has 0 heterocycles. The second-order valence-electron chi connectivity index (χ2n) is 9.02. The zero-order valence-corrected chi connectivity index (χ0v) is 14.1. The molecular weight excluding hydrogens is 282 g/mol. The molecule has 0 amide bonds. The molecule has 5 aliphatic carbocycles. The van der Waals surface area contributed by atoms with Crippen molar-refractivity contribution in [3.63, 3.8) is 0 Å². The van der Waals surface area contributed by atoms with Gasteiger partial charge in [0.1, 0.15) is 0 Å². The fourth-order valence-electron chi connectivity index (χ4n) is 7.77. The fraction of sp³-hybridized carbons (Fsp3) is 0.810. The second-order valence-corrected chi connectivity index (χ2v) is 9.02. The first-order valence-electron chi connectivity index (χ1n) is 9.82. The minimum absolute atomic E-state index is 0.341. The molecule has 2 heteroatoms. The van der Waals surface area contributed by atoms with E-state index < -0.39 is 0 Å². The minimum Gasteiger partial charge on any atom is -0.295 e. The van der Waals surface area contributed by atoms with Gasteiger partial charge in [0.15, 0.2) is 5.78 Å². The van der Waals surface area contributed by atoms with Gasteiger partial charge >= 0.3 is 0 Å². The van der Waals surface area contributed by atoms with E-state index in [0.717, 1.165) is 48.9 Å². The Labute approximate surface area is 139 Å². The van der Waals surface area contributed by atoms with E-state index in [2.05, 4.69) is 13.0 Å². The predicted molar refractivity (Wildman–Crippen MR) is 88.2 cm³/mol. The van der Waals surface area contributed by atoms with Crippen LogP contribution in [0, 0.1) is 58.2 Å². The smallest absolute Gasteiger partial charge is 0.155 e. The van der Waals surface area contributed by atoms with Crippen molar-refractivity contribution in [1.29, 1.82) is 5.26 Å². The molecule has 0 bridgehead atoms. The molecule has 0 aromatic rings. The van der Waals surface area contributed by atoms with Gasteiger partial charge in [-0.15, -0.1) is 0 Å². The molecule has 122 valence electrons. The lowest BCUT2D eigenvalue weighted by atomic mass is 9.49. The SMILES string of the molecule is CC[C@]12CC[C@H]3[C@@H](CCC4=CC(=O)CC[C@@H]43)[C@@H]1C1CC1C2C#N. The molecule has 5 aliphatic rings. The minimum atomic E-state index is 0.341. The predicted octanol–water partition coefficient (Wildman–Crippen LogP) is 4.51. The second kappa shape index (κ2) is 4.71. The quantitative estimate of drug-likeness (QED) is 0.715. The van der Waals surface area contributed by atoms with Crippen LogP contribution in [0.5, 0.6) is 0 Å². The van der Waals surface area contributed by atoms with Crippen molar-refractivity contribution in [2.24, 2.45) is 46.8 Å². The third-order valence-corrected chi connectivity index (χ3v) is 8.62. The molecule has 23 heavy (non-hydrogen) atoms. The van der Waals surface area contributed by atoms with Crippen molar-refractivity contribution in [3.05, 3.63) is 11.6 Å². The lowest BCUT2D eigenvalue weighted by Gasteiger charge is -2.55. The van der Waals surface area contributed by atoms with Crippen LogP contribution in [-0.2, 0) is 4.79 Å². The van der Waals surface area contributed by atoms with Crippen LogP contribution in [0.4, 0.5) is 0 Å². The lowest BCUT2D eigenvalue weighted by molar-refractivity contribution is -0.116. The fourth-order valence-corrected chi connectivity index (χ4v) is 7.77. The van der Waals surface area contributed by atoms with Crippen LogP contribution in [0.3, 0.4) is 0 Å². The van der Waals surface area contributed by atoms with Crippen molar-refractivity contribution in [2.45, 2.75) is 58.3 Å². The third-order valence-electron chi connectivity index (χ3n) is 8.62. The highest BCUT2D eigenvalue weighted by Gasteiger charge is 2.70. The zero-order valence-electron chi connectivity index (χ0n) is 14.1. The first kappa shape index (κ1) is 14.3. The van der Waals surface area contributed by atoms with Gasteiger partial charge in [-0.25, -0.2) is 0 Å². The van der Waals surface area contributed by atoms with Gasteiger partial charge in [-0.05, 0) is 91.9 Å². The molecule has 0 aromatic heterocycles. The highest BCUT2D eigenvalue weighted by Crippen LogP contribution is 2.75. The highest BCUT2D eigenvalue weighted by molar-refractivity contribution is 5.91. The molecule has 4 fully saturated rings. The summed E-state index contributed by atoms with van der Waals surface area (Å²) >= 11 is 0. The number of fused-ring (bicyclic) bond motifs is 7. The Balaban J connectivity index is 1.51. The number of nitrogens with zero attached hydrogens (tertiary/aromatic N) is 1. The summed E-state index contributed by atoms with van der Waals surface area (Å²) in [6.45, 7) is 2.34. The van der Waals surface area contributed by atoms with Crippen molar-refractivity contribution in [2.75, 3.05) is 0 Å². The molecule has 0 radical (unpaired) electrons. The van der Waals surface area contributed by atoms with Gasteiger partial charge in [-0.1, -0.05) is 12.5 Å². The van der Waals surface area contributed by atoms with E-state index in [0.29, 0.717) is 23.0 Å². The average molecular weight is 309 g/mol. The molecule has 5 rings (SSSR count). The van der Waals surface area contributed by atoms with E-state index in [9.17, 15) is 10.1 Å². The van der Waals surface area contributed by atoms with E-state index in [1.807, 2.05) is 6.08 Å². The molecule has 2 nitrogen and oxygen atoms in total. The number of rotatable bonds is 1. The topological polar surface area (TPSA) is 40.9 Å². The van der Waals surface area contributed by atoms with Gasteiger partial charge in [-0.3, -0.25) is 4.79 Å². The summed E-state index contributed by atoms with van der Waals surface area (Å²) in [4.78, 5) is 11.8. The molecule has 0 N–H and O–H groups in total. The van der Waals surface area contributed by atoms with Gasteiger partial charge in [0.2, 0.25) is 0 Å². The Bertz CT molecular complexity index is 628. The van der Waals surface area contributed by atoms with Crippen LogP contribution in [0.1, 0.15) is 58.3 Å². The Kier molecular flexibility index (Phi) is 2.92. The number of carbonyl (C=O) groups excluding carboxylic acids is 1. The van der Waals surface area contributed by atoms with Crippen molar-refractivity contribution >= 4 is 5.78 Å². The molecule has 0 saturated heterocycles. The van der Waals surface area contributed by atoms with Gasteiger partial charge < -0.3 is 0 Å². The molecule has 4 saturated carbocycles. The normalized spacial score (nSPS) is 53.3. The van der Waals surface area contributed by atoms with E-state index in [1.165, 1.54) is 37.7 Å². The van der Waals surface area contributed by atoms with Crippen molar-refractivity contribution in [1.82, 2.24) is 0 Å². The summed E-state index contributed by atoms with van der Waals surface area (Å²) in [5.41, 5.74) is 1.82. The number of nitriles is 1. The van der Waals surface area contributed by atoms with E-state index in [1.54, 1.807) is 0 Å². The number of ketones is 1.